The zero-order chi connectivity index (χ0) is 54.8. The van der Waals surface area contributed by atoms with Crippen LogP contribution in [-0.2, 0) is 49.5 Å². The SMILES string of the molecule is CC(C)(C)[C@H](c1cc(-c2cc(F)ccc2F)cn1Cc1ccccc1)N(CC1CCNC1)C(=O)CSC[C@H](CC(=O)CCOCCOCCOCCOCCN)C(=O)O.O=C(O)C(F)(F)F.O=C(O)C(F)(F)F. The number of carbonyl (C=O) groups excluding carboxylic acids is 2. The normalized spacial score (nSPS) is 14.5. The number of rotatable bonds is 28. The Labute approximate surface area is 421 Å². The smallest absolute Gasteiger partial charge is 0.481 e. The lowest BCUT2D eigenvalue weighted by Gasteiger charge is -2.42. The van der Waals surface area contributed by atoms with Crippen LogP contribution < -0.4 is 11.1 Å². The fourth-order valence-corrected chi connectivity index (χ4v) is 8.11. The molecule has 73 heavy (non-hydrogen) atoms. The van der Waals surface area contributed by atoms with E-state index in [-0.39, 0.29) is 60.7 Å². The molecule has 3 atom stereocenters. The number of ketones is 1. The molecule has 16 nitrogen and oxygen atoms in total. The van der Waals surface area contributed by atoms with Crippen LogP contribution in [0.15, 0.2) is 60.8 Å². The number of carbonyl (C=O) groups is 5. The molecule has 2 heterocycles. The number of ether oxygens (including phenoxy) is 4. The van der Waals surface area contributed by atoms with E-state index in [1.807, 2.05) is 52.1 Å². The number of nitrogens with two attached hydrogens (primary N) is 1. The number of hydrogen-bond donors (Lipinski definition) is 5. The van der Waals surface area contributed by atoms with Crippen LogP contribution in [0.25, 0.3) is 11.1 Å². The average Bonchev–Trinajstić information content (AvgIpc) is 3.98. The minimum Gasteiger partial charge on any atom is -0.481 e. The number of nitrogens with zero attached hydrogens (tertiary/aromatic N) is 2. The summed E-state index contributed by atoms with van der Waals surface area (Å²) < 4.78 is 117. The first-order valence-corrected chi connectivity index (χ1v) is 24.0. The van der Waals surface area contributed by atoms with Crippen molar-refractivity contribution in [2.45, 2.75) is 65.0 Å². The molecule has 410 valence electrons. The summed E-state index contributed by atoms with van der Waals surface area (Å²) in [4.78, 5) is 59.2. The van der Waals surface area contributed by atoms with Crippen molar-refractivity contribution in [3.8, 4) is 11.1 Å². The van der Waals surface area contributed by atoms with Crippen LogP contribution in [-0.4, -0.2) is 157 Å². The van der Waals surface area contributed by atoms with Gasteiger partial charge in [-0.1, -0.05) is 51.1 Å². The summed E-state index contributed by atoms with van der Waals surface area (Å²) in [6.07, 6.45) is -7.56. The van der Waals surface area contributed by atoms with Gasteiger partial charge in [-0.3, -0.25) is 14.4 Å². The number of Topliss-reactive ketones (excluding diaryl/α,β-unsaturated/α-hetero) is 1. The molecule has 1 aromatic heterocycles. The fourth-order valence-electron chi connectivity index (χ4n) is 7.11. The Kier molecular flexibility index (Phi) is 28.2. The predicted octanol–water partition coefficient (Wildman–Crippen LogP) is 7.08. The zero-order valence-corrected chi connectivity index (χ0v) is 41.5. The Morgan fingerprint density at radius 2 is 1.36 bits per heavy atom. The van der Waals surface area contributed by atoms with Crippen LogP contribution in [0.5, 0.6) is 0 Å². The van der Waals surface area contributed by atoms with Gasteiger partial charge in [0.05, 0.1) is 70.6 Å². The quantitative estimate of drug-likeness (QED) is 0.0362. The summed E-state index contributed by atoms with van der Waals surface area (Å²) in [5.74, 6) is -8.81. The lowest BCUT2D eigenvalue weighted by atomic mass is 9.82. The van der Waals surface area contributed by atoms with Crippen molar-refractivity contribution in [2.24, 2.45) is 23.0 Å². The topological polar surface area (TPSA) is 229 Å². The number of thioether (sulfide) groups is 1. The highest BCUT2D eigenvalue weighted by atomic mass is 32.2. The summed E-state index contributed by atoms with van der Waals surface area (Å²) in [6.45, 7) is 12.1. The van der Waals surface area contributed by atoms with Crippen molar-refractivity contribution in [3.05, 3.63) is 83.7 Å². The number of amides is 1. The van der Waals surface area contributed by atoms with Gasteiger partial charge in [0.2, 0.25) is 5.91 Å². The van der Waals surface area contributed by atoms with E-state index >= 15 is 4.39 Å². The van der Waals surface area contributed by atoms with Gasteiger partial charge in [0, 0.05) is 61.2 Å². The zero-order valence-electron chi connectivity index (χ0n) is 40.7. The highest BCUT2D eigenvalue weighted by molar-refractivity contribution is 7.99. The van der Waals surface area contributed by atoms with Crippen molar-refractivity contribution in [2.75, 3.05) is 90.5 Å². The average molecular weight is 1070 g/mol. The second-order valence-electron chi connectivity index (χ2n) is 17.5. The van der Waals surface area contributed by atoms with E-state index in [2.05, 4.69) is 26.1 Å². The van der Waals surface area contributed by atoms with E-state index in [0.717, 1.165) is 42.9 Å². The molecule has 0 saturated carbocycles. The van der Waals surface area contributed by atoms with E-state index in [0.29, 0.717) is 64.8 Å². The van der Waals surface area contributed by atoms with Crippen LogP contribution in [0.1, 0.15) is 57.3 Å². The van der Waals surface area contributed by atoms with Gasteiger partial charge in [0.1, 0.15) is 17.4 Å². The monoisotopic (exact) mass is 1070 g/mol. The summed E-state index contributed by atoms with van der Waals surface area (Å²) in [6, 6.07) is 14.6. The highest BCUT2D eigenvalue weighted by Crippen LogP contribution is 2.42. The molecule has 1 aliphatic rings. The van der Waals surface area contributed by atoms with Gasteiger partial charge >= 0.3 is 30.3 Å². The van der Waals surface area contributed by atoms with Crippen molar-refractivity contribution < 1.29 is 93.4 Å². The molecule has 1 saturated heterocycles. The molecule has 2 aromatic carbocycles. The maximum absolute atomic E-state index is 15.2. The molecule has 0 spiro atoms. The van der Waals surface area contributed by atoms with Gasteiger partial charge in [-0.25, -0.2) is 18.4 Å². The maximum Gasteiger partial charge on any atom is 0.490 e. The molecular weight excluding hydrogens is 1010 g/mol. The number of benzene rings is 2. The number of carboxylic acid groups (broad SMARTS) is 3. The minimum absolute atomic E-state index is 0.00564. The first-order valence-electron chi connectivity index (χ1n) is 22.9. The third-order valence-electron chi connectivity index (χ3n) is 10.5. The standard InChI is InChI=1S/C44H62F2N4O8S.2C2HF3O2/c1-44(2,3)42(40-24-34(38-25-36(45)9-10-39(38)46)29-49(40)27-32-7-5-4-6-8-32)50(28-33-11-14-48-26-33)41(52)31-59-30-35(43(53)54)23-37(51)12-15-55-17-19-57-21-22-58-20-18-56-16-13-47;2*3-2(4,5)1(6)7/h4-10,24-25,29,33,35,42,48H,11-23,26-28,30-31,47H2,1-3H3,(H,53,54);2*(H,6,7)/t33?,35-,42-;;/m0../s1. The fraction of sp³-hybridized carbons (Fsp3) is 0.562. The molecule has 0 bridgehead atoms. The summed E-state index contributed by atoms with van der Waals surface area (Å²) in [7, 11) is 0. The molecule has 1 unspecified atom stereocenters. The lowest BCUT2D eigenvalue weighted by Crippen LogP contribution is -2.45. The maximum atomic E-state index is 15.2. The number of aromatic nitrogens is 1. The molecule has 1 fully saturated rings. The minimum atomic E-state index is -5.08. The van der Waals surface area contributed by atoms with Crippen LogP contribution in [0.3, 0.4) is 0 Å². The molecule has 1 amide bonds. The largest absolute Gasteiger partial charge is 0.490 e. The molecule has 0 radical (unpaired) electrons. The molecule has 25 heteroatoms. The predicted molar refractivity (Wildman–Crippen MR) is 253 cm³/mol. The van der Waals surface area contributed by atoms with Crippen LogP contribution in [0.4, 0.5) is 35.1 Å². The Balaban J connectivity index is 0.00000114. The number of hydrogen-bond acceptors (Lipinski definition) is 12. The second-order valence-corrected chi connectivity index (χ2v) is 18.5. The van der Waals surface area contributed by atoms with Crippen molar-refractivity contribution in [3.63, 3.8) is 0 Å². The first-order chi connectivity index (χ1) is 34.3. The molecular formula is C48H64F8N4O12S. The molecule has 1 aliphatic heterocycles. The van der Waals surface area contributed by atoms with Crippen LogP contribution in [0, 0.1) is 28.9 Å². The van der Waals surface area contributed by atoms with Crippen LogP contribution >= 0.6 is 11.8 Å². The van der Waals surface area contributed by atoms with E-state index in [1.165, 1.54) is 17.8 Å². The van der Waals surface area contributed by atoms with E-state index in [9.17, 15) is 50.2 Å². The van der Waals surface area contributed by atoms with Crippen LogP contribution in [0.2, 0.25) is 0 Å². The van der Waals surface area contributed by atoms with Crippen molar-refractivity contribution >= 4 is 41.4 Å². The van der Waals surface area contributed by atoms with Crippen molar-refractivity contribution in [1.82, 2.24) is 14.8 Å². The van der Waals surface area contributed by atoms with Gasteiger partial charge in [-0.05, 0) is 60.7 Å². The molecule has 4 rings (SSSR count). The summed E-state index contributed by atoms with van der Waals surface area (Å²) >= 11 is 1.20. The molecule has 0 aliphatic carbocycles. The number of aliphatic carboxylic acids is 3. The Morgan fingerprint density at radius 1 is 0.808 bits per heavy atom. The molecule has 3 aromatic rings. The van der Waals surface area contributed by atoms with Gasteiger partial charge in [-0.2, -0.15) is 38.1 Å². The number of alkyl halides is 6. The van der Waals surface area contributed by atoms with E-state index < -0.39 is 59.3 Å². The Morgan fingerprint density at radius 3 is 1.85 bits per heavy atom. The van der Waals surface area contributed by atoms with E-state index in [1.54, 1.807) is 0 Å². The summed E-state index contributed by atoms with van der Waals surface area (Å²) in [5.41, 5.74) is 7.28. The first kappa shape index (κ1) is 63.9. The van der Waals surface area contributed by atoms with E-state index in [4.69, 9.17) is 44.5 Å². The number of carboxylic acids is 3. The summed E-state index contributed by atoms with van der Waals surface area (Å²) in [5, 5.41) is 27.7. The number of halogens is 8. The second kappa shape index (κ2) is 32.2. The van der Waals surface area contributed by atoms with Crippen molar-refractivity contribution in [1.29, 1.82) is 0 Å². The number of nitrogens with one attached hydrogen (secondary N) is 1. The third kappa shape index (κ3) is 25.1. The molecule has 6 N–H and O–H groups in total. The van der Waals surface area contributed by atoms with Gasteiger partial charge in [-0.15, -0.1) is 0 Å². The van der Waals surface area contributed by atoms with Gasteiger partial charge in [0.15, 0.2) is 0 Å². The highest BCUT2D eigenvalue weighted by Gasteiger charge is 2.40. The van der Waals surface area contributed by atoms with Gasteiger partial charge in [0.25, 0.3) is 0 Å². The van der Waals surface area contributed by atoms with Gasteiger partial charge < -0.3 is 54.8 Å². The third-order valence-corrected chi connectivity index (χ3v) is 11.6. The lowest BCUT2D eigenvalue weighted by molar-refractivity contribution is -0.193. The Bertz CT molecular complexity index is 2130. The Hall–Kier alpha value is -5.18.